The minimum Gasteiger partial charge on any atom is -0.135 e. The fraction of sp³-hybridized carbons (Fsp3) is 0.100. The van der Waals surface area contributed by atoms with E-state index < -0.39 is 0 Å². The number of hydrogen-bond donors (Lipinski definition) is 0. The summed E-state index contributed by atoms with van der Waals surface area (Å²) in [7, 11) is 0. The van der Waals surface area contributed by atoms with Crippen LogP contribution in [0.2, 0.25) is 0 Å². The zero-order valence-electron chi connectivity index (χ0n) is 34.7. The maximum Gasteiger partial charge on any atom is 0.0362 e. The second-order valence-electron chi connectivity index (χ2n) is 18.4. The summed E-state index contributed by atoms with van der Waals surface area (Å²) in [5.74, 6) is 0. The normalized spacial score (nSPS) is 14.5. The molecule has 0 atom stereocenters. The summed E-state index contributed by atoms with van der Waals surface area (Å²) in [6.07, 6.45) is 0. The fourth-order valence-corrected chi connectivity index (χ4v) is 12.5. The maximum absolute atomic E-state index is 2.50. The molecule has 0 aliphatic heterocycles. The molecule has 0 amide bonds. The van der Waals surface area contributed by atoms with Gasteiger partial charge in [0.05, 0.1) is 0 Å². The largest absolute Gasteiger partial charge is 0.135 e. The van der Waals surface area contributed by atoms with E-state index in [0.717, 1.165) is 0 Å². The SMILES string of the molecule is CC1(C)c2cc(-c3ccc4c(c3)C(C)(C)c3ccc5cc6c(cc5c3-4)sc3ccccc36)ccc2-c2ccc(-c3c4ccccc4c(-c4ccccc4)c4ccccc34)cc21. The summed E-state index contributed by atoms with van der Waals surface area (Å²) in [5.41, 5.74) is 18.5. The van der Waals surface area contributed by atoms with Gasteiger partial charge in [-0.15, -0.1) is 11.3 Å². The molecule has 0 nitrogen and oxygen atoms in total. The lowest BCUT2D eigenvalue weighted by molar-refractivity contribution is 0.660. The van der Waals surface area contributed by atoms with Gasteiger partial charge >= 0.3 is 0 Å². The van der Waals surface area contributed by atoms with Crippen molar-refractivity contribution in [3.05, 3.63) is 204 Å². The molecule has 0 fully saturated rings. The average molecular weight is 795 g/mol. The van der Waals surface area contributed by atoms with Crippen molar-refractivity contribution in [2.75, 3.05) is 0 Å². The van der Waals surface area contributed by atoms with Crippen molar-refractivity contribution in [2.45, 2.75) is 38.5 Å². The van der Waals surface area contributed by atoms with Gasteiger partial charge in [-0.25, -0.2) is 0 Å². The first-order chi connectivity index (χ1) is 29.8. The Labute approximate surface area is 360 Å². The minimum absolute atomic E-state index is 0.111. The highest BCUT2D eigenvalue weighted by atomic mass is 32.1. The smallest absolute Gasteiger partial charge is 0.0362 e. The van der Waals surface area contributed by atoms with Gasteiger partial charge in [0, 0.05) is 31.0 Å². The first-order valence-electron chi connectivity index (χ1n) is 21.6. The summed E-state index contributed by atoms with van der Waals surface area (Å²) in [6, 6.07) is 69.0. The van der Waals surface area contributed by atoms with Crippen molar-refractivity contribution in [2.24, 2.45) is 0 Å². The van der Waals surface area contributed by atoms with Crippen LogP contribution in [-0.2, 0) is 10.8 Å². The molecular weight excluding hydrogens is 753 g/mol. The van der Waals surface area contributed by atoms with Crippen molar-refractivity contribution < 1.29 is 0 Å². The molecule has 0 bridgehead atoms. The molecule has 0 saturated carbocycles. The third-order valence-electron chi connectivity index (χ3n) is 14.4. The van der Waals surface area contributed by atoms with Gasteiger partial charge in [-0.3, -0.25) is 0 Å². The van der Waals surface area contributed by atoms with Crippen LogP contribution in [0.1, 0.15) is 49.9 Å². The third kappa shape index (κ3) is 4.81. The topological polar surface area (TPSA) is 0 Å². The summed E-state index contributed by atoms with van der Waals surface area (Å²) in [4.78, 5) is 0. The highest BCUT2D eigenvalue weighted by molar-refractivity contribution is 7.25. The molecule has 1 heterocycles. The van der Waals surface area contributed by atoms with Crippen LogP contribution in [0.5, 0.6) is 0 Å². The van der Waals surface area contributed by atoms with E-state index in [4.69, 9.17) is 0 Å². The van der Waals surface area contributed by atoms with Crippen LogP contribution in [0.25, 0.3) is 108 Å². The Bertz CT molecular complexity index is 3630. The second-order valence-corrected chi connectivity index (χ2v) is 19.5. The van der Waals surface area contributed by atoms with Gasteiger partial charge < -0.3 is 0 Å². The van der Waals surface area contributed by atoms with Gasteiger partial charge in [0.25, 0.3) is 0 Å². The highest BCUT2D eigenvalue weighted by Crippen LogP contribution is 2.55. The van der Waals surface area contributed by atoms with Crippen LogP contribution >= 0.6 is 11.3 Å². The van der Waals surface area contributed by atoms with Crippen LogP contribution in [-0.4, -0.2) is 0 Å². The van der Waals surface area contributed by atoms with Crippen LogP contribution in [0, 0.1) is 0 Å². The molecule has 2 aliphatic rings. The van der Waals surface area contributed by atoms with E-state index in [2.05, 4.69) is 210 Å². The lowest BCUT2D eigenvalue weighted by atomic mass is 9.79. The van der Waals surface area contributed by atoms with Crippen LogP contribution in [0.4, 0.5) is 0 Å². The molecule has 1 aromatic heterocycles. The molecule has 10 aromatic carbocycles. The molecule has 61 heavy (non-hydrogen) atoms. The number of hydrogen-bond acceptors (Lipinski definition) is 1. The van der Waals surface area contributed by atoms with Gasteiger partial charge in [0.2, 0.25) is 0 Å². The molecule has 13 rings (SSSR count). The maximum atomic E-state index is 2.50. The van der Waals surface area contributed by atoms with Gasteiger partial charge in [-0.2, -0.15) is 0 Å². The second kappa shape index (κ2) is 12.4. The number of thiophene rings is 1. The summed E-state index contributed by atoms with van der Waals surface area (Å²) < 4.78 is 2.72. The molecule has 288 valence electrons. The highest BCUT2D eigenvalue weighted by Gasteiger charge is 2.38. The molecule has 0 spiro atoms. The summed E-state index contributed by atoms with van der Waals surface area (Å²) in [6.45, 7) is 9.65. The molecule has 0 N–H and O–H groups in total. The fourth-order valence-electron chi connectivity index (χ4n) is 11.4. The zero-order valence-corrected chi connectivity index (χ0v) is 35.5. The first kappa shape index (κ1) is 35.0. The Morgan fingerprint density at radius 2 is 0.787 bits per heavy atom. The van der Waals surface area contributed by atoms with Gasteiger partial charge in [-0.05, 0) is 147 Å². The Hall–Kier alpha value is -6.80. The molecule has 1 heteroatoms. The molecule has 2 aliphatic carbocycles. The summed E-state index contributed by atoms with van der Waals surface area (Å²) >= 11 is 1.91. The van der Waals surface area contributed by atoms with Gasteiger partial charge in [0.1, 0.15) is 0 Å². The monoisotopic (exact) mass is 794 g/mol. The van der Waals surface area contributed by atoms with E-state index in [-0.39, 0.29) is 10.8 Å². The third-order valence-corrected chi connectivity index (χ3v) is 15.6. The molecule has 0 unspecified atom stereocenters. The average Bonchev–Trinajstić information content (AvgIpc) is 3.85. The van der Waals surface area contributed by atoms with Gasteiger partial charge in [0.15, 0.2) is 0 Å². The van der Waals surface area contributed by atoms with Crippen molar-refractivity contribution >= 4 is 63.8 Å². The lowest BCUT2D eigenvalue weighted by Gasteiger charge is -2.24. The Morgan fingerprint density at radius 3 is 1.43 bits per heavy atom. The molecule has 11 aromatic rings. The van der Waals surface area contributed by atoms with E-state index >= 15 is 0 Å². The van der Waals surface area contributed by atoms with E-state index in [0.29, 0.717) is 0 Å². The number of benzene rings is 10. The summed E-state index contributed by atoms with van der Waals surface area (Å²) in [5, 5.41) is 10.6. The number of rotatable bonds is 3. The standard InChI is InChI=1S/C60H42S/c1-59(2)50-29-25-38-30-49-42-16-12-13-21-54(42)61-55(49)34-48(38)58(50)47-28-23-37(32-53(47)59)36-22-26-40-41-27-24-39(33-52(41)60(3,4)51(40)31-36)57-45-19-10-8-17-43(45)56(35-14-6-5-7-15-35)44-18-9-11-20-46(44)57/h5-34H,1-4H3. The quantitative estimate of drug-likeness (QED) is 0.156. The van der Waals surface area contributed by atoms with Crippen LogP contribution in [0.15, 0.2) is 182 Å². The van der Waals surface area contributed by atoms with Gasteiger partial charge in [-0.1, -0.05) is 173 Å². The Kier molecular flexibility index (Phi) is 7.11. The predicted molar refractivity (Wildman–Crippen MR) is 263 cm³/mol. The Balaban J connectivity index is 0.916. The predicted octanol–water partition coefficient (Wildman–Crippen LogP) is 17.1. The molecular formula is C60H42S. The van der Waals surface area contributed by atoms with Crippen molar-refractivity contribution in [1.29, 1.82) is 0 Å². The molecule has 0 saturated heterocycles. The van der Waals surface area contributed by atoms with Crippen molar-refractivity contribution in [3.8, 4) is 55.6 Å². The van der Waals surface area contributed by atoms with E-state index in [1.54, 1.807) is 0 Å². The van der Waals surface area contributed by atoms with Crippen LogP contribution in [0.3, 0.4) is 0 Å². The zero-order chi connectivity index (χ0) is 40.8. The minimum atomic E-state index is -0.171. The Morgan fingerprint density at radius 1 is 0.295 bits per heavy atom. The van der Waals surface area contributed by atoms with E-state index in [9.17, 15) is 0 Å². The van der Waals surface area contributed by atoms with Crippen LogP contribution < -0.4 is 0 Å². The number of fused-ring (bicyclic) bond motifs is 13. The van der Waals surface area contributed by atoms with Crippen molar-refractivity contribution in [1.82, 2.24) is 0 Å². The van der Waals surface area contributed by atoms with E-state index in [1.807, 2.05) is 11.3 Å². The van der Waals surface area contributed by atoms with Crippen molar-refractivity contribution in [3.63, 3.8) is 0 Å². The molecule has 0 radical (unpaired) electrons. The first-order valence-corrected chi connectivity index (χ1v) is 22.4. The lowest BCUT2D eigenvalue weighted by Crippen LogP contribution is -2.15. The van der Waals surface area contributed by atoms with E-state index in [1.165, 1.54) is 130 Å².